The third-order valence-corrected chi connectivity index (χ3v) is 3.38. The molecule has 1 heterocycles. The highest BCUT2D eigenvalue weighted by molar-refractivity contribution is 5.94. The molecule has 8 heteroatoms. The average Bonchev–Trinajstić information content (AvgIpc) is 2.53. The topological polar surface area (TPSA) is 127 Å². The molecule has 2 aromatic carbocycles. The zero-order chi connectivity index (χ0) is 16.6. The third kappa shape index (κ3) is 2.62. The van der Waals surface area contributed by atoms with Crippen molar-refractivity contribution in [3.8, 4) is 11.1 Å². The molecule has 1 aromatic heterocycles. The summed E-state index contributed by atoms with van der Waals surface area (Å²) in [5.74, 6) is 3.73. The number of hydrogen-bond donors (Lipinski definition) is 4. The summed E-state index contributed by atoms with van der Waals surface area (Å²) in [5, 5.41) is 9.49. The van der Waals surface area contributed by atoms with Gasteiger partial charge < -0.3 is 16.3 Å². The number of nitrogen functional groups attached to an aromatic ring is 2. The maximum Gasteiger partial charge on any atom is 0.338 e. The molecule has 0 unspecified atom stereocenters. The number of nitrogens with zero attached hydrogens (tertiary/aromatic N) is 2. The van der Waals surface area contributed by atoms with Crippen LogP contribution in [-0.2, 0) is 0 Å². The number of halogens is 1. The van der Waals surface area contributed by atoms with Crippen molar-refractivity contribution in [1.29, 1.82) is 0 Å². The van der Waals surface area contributed by atoms with E-state index >= 15 is 0 Å². The number of hydrogen-bond acceptors (Lipinski definition) is 6. The number of benzene rings is 2. The van der Waals surface area contributed by atoms with E-state index in [1.54, 1.807) is 18.2 Å². The van der Waals surface area contributed by atoms with E-state index in [1.807, 2.05) is 0 Å². The van der Waals surface area contributed by atoms with Gasteiger partial charge in [-0.3, -0.25) is 0 Å². The summed E-state index contributed by atoms with van der Waals surface area (Å²) in [6.07, 6.45) is 0. The van der Waals surface area contributed by atoms with Gasteiger partial charge in [0.2, 0.25) is 5.95 Å². The summed E-state index contributed by atoms with van der Waals surface area (Å²) in [7, 11) is 0. The fourth-order valence-electron chi connectivity index (χ4n) is 2.30. The van der Waals surface area contributed by atoms with Gasteiger partial charge in [-0.2, -0.15) is 4.98 Å². The molecule has 0 amide bonds. The van der Waals surface area contributed by atoms with Crippen LogP contribution in [0.5, 0.6) is 0 Å². The smallest absolute Gasteiger partial charge is 0.338 e. The van der Waals surface area contributed by atoms with Crippen molar-refractivity contribution in [2.75, 3.05) is 11.2 Å². The molecule has 0 saturated heterocycles. The van der Waals surface area contributed by atoms with Crippen molar-refractivity contribution in [1.82, 2.24) is 9.97 Å². The number of fused-ring (bicyclic) bond motifs is 1. The predicted octanol–water partition coefficient (Wildman–Crippen LogP) is 2.00. The Kier molecular flexibility index (Phi) is 3.51. The van der Waals surface area contributed by atoms with Gasteiger partial charge >= 0.3 is 5.97 Å². The Balaban J connectivity index is 2.15. The van der Waals surface area contributed by atoms with E-state index in [4.69, 9.17) is 16.7 Å². The second kappa shape index (κ2) is 5.50. The molecule has 0 aliphatic carbocycles. The van der Waals surface area contributed by atoms with Crippen LogP contribution in [0.2, 0.25) is 0 Å². The van der Waals surface area contributed by atoms with Gasteiger partial charge in [0.15, 0.2) is 5.82 Å². The number of aromatic carboxylic acids is 1. The van der Waals surface area contributed by atoms with Gasteiger partial charge in [0, 0.05) is 5.39 Å². The lowest BCUT2D eigenvalue weighted by molar-refractivity contribution is 0.0692. The number of nitrogens with one attached hydrogen (secondary N) is 1. The monoisotopic (exact) mass is 313 g/mol. The average molecular weight is 313 g/mol. The molecule has 0 spiro atoms. The van der Waals surface area contributed by atoms with Crippen LogP contribution in [0.15, 0.2) is 36.4 Å². The molecule has 6 N–H and O–H groups in total. The van der Waals surface area contributed by atoms with Crippen LogP contribution in [0.1, 0.15) is 10.4 Å². The highest BCUT2D eigenvalue weighted by Gasteiger charge is 2.12. The standard InChI is InChI=1S/C15H12FN5O2/c16-11-6-8(1-3-9(11)14(22)23)7-2-4-12-10(5-7)13(21-18)20-15(17)19-12/h1-6H,18H2,(H,22,23)(H3,17,19,20,21). The van der Waals surface area contributed by atoms with Gasteiger partial charge in [-0.15, -0.1) is 0 Å². The normalized spacial score (nSPS) is 10.7. The summed E-state index contributed by atoms with van der Waals surface area (Å²) in [4.78, 5) is 19.0. The first-order chi connectivity index (χ1) is 11.0. The van der Waals surface area contributed by atoms with Crippen LogP contribution in [0.25, 0.3) is 22.0 Å². The van der Waals surface area contributed by atoms with E-state index in [1.165, 1.54) is 18.2 Å². The summed E-state index contributed by atoms with van der Waals surface area (Å²) >= 11 is 0. The number of carboxylic acid groups (broad SMARTS) is 1. The molecule has 0 radical (unpaired) electrons. The second-order valence-electron chi connectivity index (χ2n) is 4.81. The molecule has 116 valence electrons. The van der Waals surface area contributed by atoms with Crippen molar-refractivity contribution in [3.05, 3.63) is 47.8 Å². The van der Waals surface area contributed by atoms with Crippen LogP contribution in [-0.4, -0.2) is 21.0 Å². The number of carbonyl (C=O) groups is 1. The van der Waals surface area contributed by atoms with Gasteiger partial charge in [-0.05, 0) is 35.4 Å². The first-order valence-electron chi connectivity index (χ1n) is 6.56. The van der Waals surface area contributed by atoms with E-state index in [2.05, 4.69) is 15.4 Å². The SMILES string of the molecule is NNc1nc(N)nc2ccc(-c3ccc(C(=O)O)c(F)c3)cc12. The minimum Gasteiger partial charge on any atom is -0.478 e. The zero-order valence-electron chi connectivity index (χ0n) is 11.7. The highest BCUT2D eigenvalue weighted by Crippen LogP contribution is 2.28. The first kappa shape index (κ1) is 14.7. The molecule has 23 heavy (non-hydrogen) atoms. The summed E-state index contributed by atoms with van der Waals surface area (Å²) in [6, 6.07) is 9.06. The number of anilines is 2. The van der Waals surface area contributed by atoms with E-state index in [-0.39, 0.29) is 11.5 Å². The van der Waals surface area contributed by atoms with Gasteiger partial charge in [0.25, 0.3) is 0 Å². The summed E-state index contributed by atoms with van der Waals surface area (Å²) < 4.78 is 13.8. The van der Waals surface area contributed by atoms with Gasteiger partial charge in [0.1, 0.15) is 5.82 Å². The molecule has 3 rings (SSSR count). The molecule has 0 atom stereocenters. The molecule has 0 aliphatic heterocycles. The van der Waals surface area contributed by atoms with Crippen LogP contribution < -0.4 is 17.0 Å². The Morgan fingerprint density at radius 2 is 1.83 bits per heavy atom. The van der Waals surface area contributed by atoms with E-state index in [0.717, 1.165) is 0 Å². The van der Waals surface area contributed by atoms with Gasteiger partial charge in [-0.1, -0.05) is 12.1 Å². The van der Waals surface area contributed by atoms with Crippen molar-refractivity contribution in [2.45, 2.75) is 0 Å². The van der Waals surface area contributed by atoms with Crippen molar-refractivity contribution in [2.24, 2.45) is 5.84 Å². The number of nitrogens with two attached hydrogens (primary N) is 2. The number of carboxylic acids is 1. The maximum atomic E-state index is 13.8. The van der Waals surface area contributed by atoms with Crippen molar-refractivity contribution in [3.63, 3.8) is 0 Å². The lowest BCUT2D eigenvalue weighted by atomic mass is 10.0. The van der Waals surface area contributed by atoms with Crippen LogP contribution in [0, 0.1) is 5.82 Å². The quantitative estimate of drug-likeness (QED) is 0.430. The molecule has 0 bridgehead atoms. The van der Waals surface area contributed by atoms with E-state index < -0.39 is 11.8 Å². The Morgan fingerprint density at radius 3 is 2.48 bits per heavy atom. The predicted molar refractivity (Wildman–Crippen MR) is 84.1 cm³/mol. The summed E-state index contributed by atoms with van der Waals surface area (Å²) in [6.45, 7) is 0. The fraction of sp³-hybridized carbons (Fsp3) is 0. The zero-order valence-corrected chi connectivity index (χ0v) is 11.7. The Bertz CT molecular complexity index is 929. The number of aromatic nitrogens is 2. The second-order valence-corrected chi connectivity index (χ2v) is 4.81. The highest BCUT2D eigenvalue weighted by atomic mass is 19.1. The van der Waals surface area contributed by atoms with Crippen LogP contribution in [0.3, 0.4) is 0 Å². The molecule has 0 aliphatic rings. The molecule has 3 aromatic rings. The minimum absolute atomic E-state index is 0.0788. The van der Waals surface area contributed by atoms with Crippen molar-refractivity contribution >= 4 is 28.6 Å². The van der Waals surface area contributed by atoms with Gasteiger partial charge in [0.05, 0.1) is 11.1 Å². The van der Waals surface area contributed by atoms with E-state index in [9.17, 15) is 9.18 Å². The molecular formula is C15H12FN5O2. The maximum absolute atomic E-state index is 13.8. The molecule has 0 saturated carbocycles. The fourth-order valence-corrected chi connectivity index (χ4v) is 2.30. The summed E-state index contributed by atoms with van der Waals surface area (Å²) in [5.41, 5.74) is 9.42. The molecule has 0 fully saturated rings. The van der Waals surface area contributed by atoms with E-state index in [0.29, 0.717) is 27.8 Å². The molecule has 7 nitrogen and oxygen atoms in total. The third-order valence-electron chi connectivity index (χ3n) is 3.38. The number of rotatable bonds is 3. The van der Waals surface area contributed by atoms with Crippen molar-refractivity contribution < 1.29 is 14.3 Å². The lowest BCUT2D eigenvalue weighted by Gasteiger charge is -2.09. The lowest BCUT2D eigenvalue weighted by Crippen LogP contribution is -2.11. The first-order valence-corrected chi connectivity index (χ1v) is 6.56. The largest absolute Gasteiger partial charge is 0.478 e. The van der Waals surface area contributed by atoms with Gasteiger partial charge in [-0.25, -0.2) is 20.0 Å². The Morgan fingerprint density at radius 1 is 1.13 bits per heavy atom. The Labute approximate surface area is 129 Å². The molecular weight excluding hydrogens is 301 g/mol. The number of hydrazine groups is 1. The Hall–Kier alpha value is -3.26. The van der Waals surface area contributed by atoms with Crippen LogP contribution in [0.4, 0.5) is 16.2 Å². The minimum atomic E-state index is -1.31. The van der Waals surface area contributed by atoms with Crippen LogP contribution >= 0.6 is 0 Å².